The monoisotopic (exact) mass is 476 g/mol. The summed E-state index contributed by atoms with van der Waals surface area (Å²) in [6.45, 7) is 0.214. The number of fused-ring (bicyclic) bond motifs is 1. The third-order valence-electron chi connectivity index (χ3n) is 5.96. The van der Waals surface area contributed by atoms with Crippen molar-refractivity contribution in [2.75, 3.05) is 0 Å². The number of hydrogen-bond acceptors (Lipinski definition) is 4. The van der Waals surface area contributed by atoms with Crippen molar-refractivity contribution in [2.24, 2.45) is 0 Å². The number of rotatable bonds is 7. The molecule has 180 valence electrons. The largest absolute Gasteiger partial charge is 0.480 e. The molecule has 0 fully saturated rings. The second kappa shape index (κ2) is 10.8. The quantitative estimate of drug-likeness (QED) is 0.542. The molecule has 1 heterocycles. The molecule has 1 aliphatic rings. The van der Waals surface area contributed by atoms with Crippen LogP contribution in [0.15, 0.2) is 78.9 Å². The van der Waals surface area contributed by atoms with Gasteiger partial charge in [-0.25, -0.2) is 14.0 Å². The van der Waals surface area contributed by atoms with Crippen LogP contribution in [0, 0.1) is 5.82 Å². The van der Waals surface area contributed by atoms with Crippen LogP contribution in [0.25, 0.3) is 0 Å². The zero-order chi connectivity index (χ0) is 24.8. The number of nitrogens with zero attached hydrogens (tertiary/aromatic N) is 1. The van der Waals surface area contributed by atoms with Gasteiger partial charge < -0.3 is 15.2 Å². The van der Waals surface area contributed by atoms with Gasteiger partial charge in [0.05, 0.1) is 6.54 Å². The van der Waals surface area contributed by atoms with Gasteiger partial charge >= 0.3 is 12.1 Å². The van der Waals surface area contributed by atoms with Gasteiger partial charge in [0.25, 0.3) is 0 Å². The first-order chi connectivity index (χ1) is 16.9. The lowest BCUT2D eigenvalue weighted by atomic mass is 9.93. The van der Waals surface area contributed by atoms with E-state index in [0.29, 0.717) is 5.56 Å². The van der Waals surface area contributed by atoms with Gasteiger partial charge in [0.1, 0.15) is 24.5 Å². The molecule has 7 nitrogen and oxygen atoms in total. The molecule has 0 saturated carbocycles. The van der Waals surface area contributed by atoms with E-state index >= 15 is 0 Å². The number of ether oxygens (including phenoxy) is 1. The summed E-state index contributed by atoms with van der Waals surface area (Å²) in [7, 11) is 0. The SMILES string of the molecule is O=C(O)[C@@H](Cc1ccc(F)cc1)NC(=O)[C@@H]1Cc2ccccc2CN1C(=O)OCc1ccccc1. The van der Waals surface area contributed by atoms with Crippen LogP contribution >= 0.6 is 0 Å². The Morgan fingerprint density at radius 2 is 1.60 bits per heavy atom. The van der Waals surface area contributed by atoms with Crippen molar-refractivity contribution in [3.8, 4) is 0 Å². The van der Waals surface area contributed by atoms with Gasteiger partial charge in [0, 0.05) is 12.8 Å². The van der Waals surface area contributed by atoms with Crippen molar-refractivity contribution in [2.45, 2.75) is 38.1 Å². The van der Waals surface area contributed by atoms with Gasteiger partial charge in [-0.3, -0.25) is 9.69 Å². The maximum Gasteiger partial charge on any atom is 0.411 e. The Bertz CT molecular complexity index is 1200. The van der Waals surface area contributed by atoms with Gasteiger partial charge in [-0.05, 0) is 34.4 Å². The number of carbonyl (C=O) groups excluding carboxylic acids is 2. The average Bonchev–Trinajstić information content (AvgIpc) is 2.87. The molecule has 2 atom stereocenters. The lowest BCUT2D eigenvalue weighted by Gasteiger charge is -2.35. The van der Waals surface area contributed by atoms with Crippen molar-refractivity contribution in [3.05, 3.63) is 107 Å². The highest BCUT2D eigenvalue weighted by Gasteiger charge is 2.37. The molecule has 1 aliphatic heterocycles. The fourth-order valence-corrected chi connectivity index (χ4v) is 4.08. The Kier molecular flexibility index (Phi) is 7.40. The van der Waals surface area contributed by atoms with E-state index in [1.165, 1.54) is 29.2 Å². The van der Waals surface area contributed by atoms with E-state index in [-0.39, 0.29) is 26.0 Å². The van der Waals surface area contributed by atoms with Crippen molar-refractivity contribution >= 4 is 18.0 Å². The van der Waals surface area contributed by atoms with E-state index in [0.717, 1.165) is 16.7 Å². The molecule has 2 N–H and O–H groups in total. The molecular weight excluding hydrogens is 451 g/mol. The number of hydrogen-bond donors (Lipinski definition) is 2. The normalized spacial score (nSPS) is 15.6. The lowest BCUT2D eigenvalue weighted by Crippen LogP contribution is -2.56. The molecule has 3 aromatic rings. The van der Waals surface area contributed by atoms with Crippen LogP contribution in [-0.4, -0.2) is 40.1 Å². The first-order valence-electron chi connectivity index (χ1n) is 11.2. The van der Waals surface area contributed by atoms with E-state index in [1.807, 2.05) is 54.6 Å². The number of benzene rings is 3. The third kappa shape index (κ3) is 6.03. The van der Waals surface area contributed by atoms with Crippen LogP contribution in [0.5, 0.6) is 0 Å². The van der Waals surface area contributed by atoms with Gasteiger partial charge in [-0.1, -0.05) is 66.7 Å². The van der Waals surface area contributed by atoms with E-state index in [1.54, 1.807) is 0 Å². The second-order valence-corrected chi connectivity index (χ2v) is 8.39. The highest BCUT2D eigenvalue weighted by Crippen LogP contribution is 2.25. The van der Waals surface area contributed by atoms with Crippen LogP contribution in [0.4, 0.5) is 9.18 Å². The minimum absolute atomic E-state index is 0.0247. The minimum atomic E-state index is -1.24. The fraction of sp³-hybridized carbons (Fsp3) is 0.222. The molecule has 0 spiro atoms. The van der Waals surface area contributed by atoms with Crippen LogP contribution in [0.3, 0.4) is 0 Å². The van der Waals surface area contributed by atoms with Crippen LogP contribution in [0.1, 0.15) is 22.3 Å². The Balaban J connectivity index is 1.51. The molecule has 3 aromatic carbocycles. The van der Waals surface area contributed by atoms with E-state index in [2.05, 4.69) is 5.32 Å². The molecule has 0 radical (unpaired) electrons. The number of carboxylic acids is 1. The minimum Gasteiger partial charge on any atom is -0.480 e. The summed E-state index contributed by atoms with van der Waals surface area (Å²) in [5, 5.41) is 12.2. The molecule has 0 unspecified atom stereocenters. The standard InChI is InChI=1S/C27H25FN2O5/c28-22-12-10-18(11-13-22)14-23(26(32)33)29-25(31)24-15-20-8-4-5-9-21(20)16-30(24)27(34)35-17-19-6-2-1-3-7-19/h1-13,23-24H,14-17H2,(H,29,31)(H,32,33)/t23-,24+/m1/s1. The Morgan fingerprint density at radius 3 is 2.29 bits per heavy atom. The lowest BCUT2D eigenvalue weighted by molar-refractivity contribution is -0.142. The zero-order valence-corrected chi connectivity index (χ0v) is 18.9. The number of aliphatic carboxylic acids is 1. The van der Waals surface area contributed by atoms with Crippen molar-refractivity contribution < 1.29 is 28.6 Å². The fourth-order valence-electron chi connectivity index (χ4n) is 4.08. The molecule has 0 aliphatic carbocycles. The van der Waals surface area contributed by atoms with Gasteiger partial charge in [-0.15, -0.1) is 0 Å². The summed E-state index contributed by atoms with van der Waals surface area (Å²) in [5.41, 5.74) is 3.18. The number of carboxylic acid groups (broad SMARTS) is 1. The summed E-state index contributed by atoms with van der Waals surface area (Å²) < 4.78 is 18.7. The maximum absolute atomic E-state index is 13.3. The Hall–Kier alpha value is -4.20. The molecule has 0 bridgehead atoms. The predicted octanol–water partition coefficient (Wildman–Crippen LogP) is 3.70. The zero-order valence-electron chi connectivity index (χ0n) is 18.9. The van der Waals surface area contributed by atoms with Crippen molar-refractivity contribution in [1.29, 1.82) is 0 Å². The first kappa shape index (κ1) is 23.9. The highest BCUT2D eigenvalue weighted by molar-refractivity contribution is 5.90. The molecule has 2 amide bonds. The predicted molar refractivity (Wildman–Crippen MR) is 126 cm³/mol. The van der Waals surface area contributed by atoms with Crippen LogP contribution < -0.4 is 5.32 Å². The number of halogens is 1. The Morgan fingerprint density at radius 1 is 0.943 bits per heavy atom. The van der Waals surface area contributed by atoms with E-state index < -0.39 is 35.9 Å². The second-order valence-electron chi connectivity index (χ2n) is 8.39. The summed E-state index contributed by atoms with van der Waals surface area (Å²) >= 11 is 0. The molecular formula is C27H25FN2O5. The van der Waals surface area contributed by atoms with Gasteiger partial charge in [-0.2, -0.15) is 0 Å². The topological polar surface area (TPSA) is 95.9 Å². The number of carbonyl (C=O) groups is 3. The molecule has 0 aromatic heterocycles. The van der Waals surface area contributed by atoms with E-state index in [4.69, 9.17) is 4.74 Å². The Labute approximate surface area is 202 Å². The first-order valence-corrected chi connectivity index (χ1v) is 11.2. The number of amides is 2. The van der Waals surface area contributed by atoms with Crippen molar-refractivity contribution in [3.63, 3.8) is 0 Å². The average molecular weight is 477 g/mol. The third-order valence-corrected chi connectivity index (χ3v) is 5.96. The van der Waals surface area contributed by atoms with E-state index in [9.17, 15) is 23.9 Å². The smallest absolute Gasteiger partial charge is 0.411 e. The van der Waals surface area contributed by atoms with Crippen LogP contribution in [0.2, 0.25) is 0 Å². The summed E-state index contributed by atoms with van der Waals surface area (Å²) in [4.78, 5) is 39.5. The number of nitrogens with one attached hydrogen (secondary N) is 1. The summed E-state index contributed by atoms with van der Waals surface area (Å²) in [6, 6.07) is 19.9. The maximum atomic E-state index is 13.3. The molecule has 8 heteroatoms. The molecule has 35 heavy (non-hydrogen) atoms. The van der Waals surface area contributed by atoms with Crippen molar-refractivity contribution in [1.82, 2.24) is 10.2 Å². The van der Waals surface area contributed by atoms with Crippen LogP contribution in [-0.2, 0) is 40.3 Å². The highest BCUT2D eigenvalue weighted by atomic mass is 19.1. The van der Waals surface area contributed by atoms with Gasteiger partial charge in [0.2, 0.25) is 5.91 Å². The van der Waals surface area contributed by atoms with Gasteiger partial charge in [0.15, 0.2) is 0 Å². The molecule has 4 rings (SSSR count). The molecule has 0 saturated heterocycles. The summed E-state index contributed by atoms with van der Waals surface area (Å²) in [6.07, 6.45) is -0.456. The summed E-state index contributed by atoms with van der Waals surface area (Å²) in [5.74, 6) is -2.25.